The molecule has 4 rings (SSSR count). The van der Waals surface area contributed by atoms with Crippen LogP contribution in [0.2, 0.25) is 0 Å². The third-order valence-electron chi connectivity index (χ3n) is 4.88. The zero-order valence-electron chi connectivity index (χ0n) is 16.4. The summed E-state index contributed by atoms with van der Waals surface area (Å²) in [7, 11) is -2.06. The number of hydrogen-bond acceptors (Lipinski definition) is 4. The monoisotopic (exact) mass is 419 g/mol. The normalized spacial score (nSPS) is 14.0. The lowest BCUT2D eigenvalue weighted by molar-refractivity contribution is -0.116. The van der Waals surface area contributed by atoms with Gasteiger partial charge in [-0.1, -0.05) is 60.7 Å². The molecule has 0 spiro atoms. The molecule has 1 aliphatic rings. The van der Waals surface area contributed by atoms with Crippen molar-refractivity contribution in [1.29, 1.82) is 0 Å². The zero-order chi connectivity index (χ0) is 21.1. The van der Waals surface area contributed by atoms with Crippen LogP contribution in [0.1, 0.15) is 16.7 Å². The number of nitrogens with zero attached hydrogens (tertiary/aromatic N) is 2. The van der Waals surface area contributed by atoms with Crippen molar-refractivity contribution in [2.24, 2.45) is 4.40 Å². The van der Waals surface area contributed by atoms with Gasteiger partial charge in [-0.15, -0.1) is 4.40 Å². The quantitative estimate of drug-likeness (QED) is 0.688. The lowest BCUT2D eigenvalue weighted by Gasteiger charge is -2.19. The minimum absolute atomic E-state index is 0.0254. The third-order valence-corrected chi connectivity index (χ3v) is 6.21. The summed E-state index contributed by atoms with van der Waals surface area (Å²) in [5.41, 5.74) is 3.41. The molecule has 1 amide bonds. The number of hydrogen-bond donors (Lipinski definition) is 1. The fourth-order valence-electron chi connectivity index (χ4n) is 3.46. The molecule has 0 saturated heterocycles. The van der Waals surface area contributed by atoms with Crippen LogP contribution in [0.5, 0.6) is 0 Å². The SMILES string of the molecule is CN(CC(=O)Nc1ccccc1Cc1ccccc1)C1=NS(=O)(=O)c2ccccc21. The number of benzene rings is 3. The Morgan fingerprint density at radius 2 is 1.60 bits per heavy atom. The van der Waals surface area contributed by atoms with Gasteiger partial charge in [-0.25, -0.2) is 0 Å². The minimum Gasteiger partial charge on any atom is -0.349 e. The van der Waals surface area contributed by atoms with E-state index in [1.807, 2.05) is 54.6 Å². The molecule has 0 aliphatic carbocycles. The first kappa shape index (κ1) is 19.8. The number of anilines is 1. The largest absolute Gasteiger partial charge is 0.349 e. The van der Waals surface area contributed by atoms with Gasteiger partial charge in [0.1, 0.15) is 4.90 Å². The van der Waals surface area contributed by atoms with Crippen LogP contribution in [-0.4, -0.2) is 38.7 Å². The van der Waals surface area contributed by atoms with E-state index in [1.165, 1.54) is 6.07 Å². The number of fused-ring (bicyclic) bond motifs is 1. The second-order valence-electron chi connectivity index (χ2n) is 7.11. The zero-order valence-corrected chi connectivity index (χ0v) is 17.3. The lowest BCUT2D eigenvalue weighted by Crippen LogP contribution is -2.35. The Kier molecular flexibility index (Phi) is 5.37. The Balaban J connectivity index is 1.49. The number of para-hydroxylation sites is 1. The molecule has 0 aromatic heterocycles. The third kappa shape index (κ3) is 4.11. The molecule has 0 bridgehead atoms. The van der Waals surface area contributed by atoms with Crippen LogP contribution >= 0.6 is 0 Å². The molecule has 7 heteroatoms. The van der Waals surface area contributed by atoms with Crippen molar-refractivity contribution in [3.05, 3.63) is 95.6 Å². The van der Waals surface area contributed by atoms with E-state index in [2.05, 4.69) is 9.71 Å². The minimum atomic E-state index is -3.72. The van der Waals surface area contributed by atoms with Crippen molar-refractivity contribution in [2.45, 2.75) is 11.3 Å². The summed E-state index contributed by atoms with van der Waals surface area (Å²) in [5, 5.41) is 2.94. The number of sulfonamides is 1. The Hall–Kier alpha value is -3.45. The molecule has 1 N–H and O–H groups in total. The highest BCUT2D eigenvalue weighted by Gasteiger charge is 2.30. The molecule has 1 aliphatic heterocycles. The second-order valence-corrected chi connectivity index (χ2v) is 8.68. The van der Waals surface area contributed by atoms with Crippen molar-refractivity contribution in [1.82, 2.24) is 4.90 Å². The van der Waals surface area contributed by atoms with Crippen LogP contribution < -0.4 is 5.32 Å². The van der Waals surface area contributed by atoms with Crippen LogP contribution in [-0.2, 0) is 21.2 Å². The van der Waals surface area contributed by atoms with E-state index < -0.39 is 10.0 Å². The van der Waals surface area contributed by atoms with Crippen LogP contribution in [0.15, 0.2) is 88.2 Å². The highest BCUT2D eigenvalue weighted by molar-refractivity contribution is 7.90. The van der Waals surface area contributed by atoms with Gasteiger partial charge in [0.25, 0.3) is 10.0 Å². The Morgan fingerprint density at radius 3 is 2.40 bits per heavy atom. The second kappa shape index (κ2) is 8.12. The van der Waals surface area contributed by atoms with E-state index in [4.69, 9.17) is 0 Å². The van der Waals surface area contributed by atoms with Gasteiger partial charge in [0.05, 0.1) is 6.54 Å². The molecular weight excluding hydrogens is 398 g/mol. The fraction of sp³-hybridized carbons (Fsp3) is 0.130. The van der Waals surface area contributed by atoms with E-state index in [0.717, 1.165) is 16.8 Å². The van der Waals surface area contributed by atoms with Crippen LogP contribution in [0, 0.1) is 0 Å². The summed E-state index contributed by atoms with van der Waals surface area (Å²) in [6.07, 6.45) is 0.700. The first-order valence-corrected chi connectivity index (χ1v) is 11.0. The summed E-state index contributed by atoms with van der Waals surface area (Å²) >= 11 is 0. The van der Waals surface area contributed by atoms with E-state index >= 15 is 0 Å². The van der Waals surface area contributed by atoms with E-state index in [1.54, 1.807) is 30.1 Å². The Morgan fingerprint density at radius 1 is 0.933 bits per heavy atom. The maximum Gasteiger partial charge on any atom is 0.285 e. The molecule has 3 aromatic rings. The van der Waals surface area contributed by atoms with Crippen molar-refractivity contribution < 1.29 is 13.2 Å². The van der Waals surface area contributed by atoms with Crippen LogP contribution in [0.4, 0.5) is 5.69 Å². The molecule has 6 nitrogen and oxygen atoms in total. The molecule has 1 heterocycles. The molecule has 0 saturated carbocycles. The van der Waals surface area contributed by atoms with E-state index in [-0.39, 0.29) is 23.2 Å². The number of amidine groups is 1. The van der Waals surface area contributed by atoms with Gasteiger partial charge in [0.15, 0.2) is 5.84 Å². The van der Waals surface area contributed by atoms with Gasteiger partial charge in [-0.2, -0.15) is 8.42 Å². The molecular formula is C23H21N3O3S. The first-order valence-electron chi connectivity index (χ1n) is 9.51. The average Bonchev–Trinajstić information content (AvgIpc) is 3.02. The van der Waals surface area contributed by atoms with E-state index in [0.29, 0.717) is 12.0 Å². The van der Waals surface area contributed by atoms with Gasteiger partial charge in [0.2, 0.25) is 5.91 Å². The fourth-order valence-corrected chi connectivity index (χ4v) is 4.71. The molecule has 0 unspecified atom stereocenters. The van der Waals surface area contributed by atoms with Gasteiger partial charge >= 0.3 is 0 Å². The summed E-state index contributed by atoms with van der Waals surface area (Å²) in [6, 6.07) is 24.3. The van der Waals surface area contributed by atoms with Crippen LogP contribution in [0.3, 0.4) is 0 Å². The summed E-state index contributed by atoms with van der Waals surface area (Å²) in [5.74, 6) is 0.0285. The Labute approximate surface area is 175 Å². The molecule has 0 radical (unpaired) electrons. The number of likely N-dealkylation sites (N-methyl/N-ethyl adjacent to an activating group) is 1. The summed E-state index contributed by atoms with van der Waals surface area (Å²) in [6.45, 7) is -0.0254. The van der Waals surface area contributed by atoms with Gasteiger partial charge < -0.3 is 10.2 Å². The smallest absolute Gasteiger partial charge is 0.285 e. The maximum atomic E-state index is 12.7. The average molecular weight is 420 g/mol. The van der Waals surface area contributed by atoms with Gasteiger partial charge in [-0.3, -0.25) is 4.79 Å². The number of carbonyl (C=O) groups is 1. The van der Waals surface area contributed by atoms with E-state index in [9.17, 15) is 13.2 Å². The Bertz CT molecular complexity index is 1220. The van der Waals surface area contributed by atoms with Crippen molar-refractivity contribution >= 4 is 27.5 Å². The molecule has 3 aromatic carbocycles. The number of rotatable bonds is 5. The summed E-state index contributed by atoms with van der Waals surface area (Å²) < 4.78 is 28.4. The highest BCUT2D eigenvalue weighted by atomic mass is 32.2. The predicted molar refractivity (Wildman–Crippen MR) is 117 cm³/mol. The molecule has 30 heavy (non-hydrogen) atoms. The lowest BCUT2D eigenvalue weighted by atomic mass is 10.0. The predicted octanol–water partition coefficient (Wildman–Crippen LogP) is 3.30. The summed E-state index contributed by atoms with van der Waals surface area (Å²) in [4.78, 5) is 14.4. The number of carbonyl (C=O) groups excluding carboxylic acids is 1. The number of nitrogens with one attached hydrogen (secondary N) is 1. The molecule has 0 fully saturated rings. The topological polar surface area (TPSA) is 78.8 Å². The standard InChI is InChI=1S/C23H21N3O3S/c1-26(23-19-12-6-8-14-21(19)30(28,29)25-23)16-22(27)24-20-13-7-5-11-18(20)15-17-9-3-2-4-10-17/h2-14H,15-16H2,1H3,(H,24,27). The van der Waals surface area contributed by atoms with Crippen molar-refractivity contribution in [3.63, 3.8) is 0 Å². The molecule has 152 valence electrons. The van der Waals surface area contributed by atoms with Crippen molar-refractivity contribution in [3.8, 4) is 0 Å². The maximum absolute atomic E-state index is 12.7. The number of amides is 1. The van der Waals surface area contributed by atoms with Crippen LogP contribution in [0.25, 0.3) is 0 Å². The van der Waals surface area contributed by atoms with Gasteiger partial charge in [-0.05, 0) is 35.7 Å². The highest BCUT2D eigenvalue weighted by Crippen LogP contribution is 2.27. The molecule has 0 atom stereocenters. The van der Waals surface area contributed by atoms with Gasteiger partial charge in [0, 0.05) is 18.3 Å². The first-order chi connectivity index (χ1) is 14.4. The van der Waals surface area contributed by atoms with Crippen molar-refractivity contribution in [2.75, 3.05) is 18.9 Å².